The van der Waals surface area contributed by atoms with E-state index in [0.29, 0.717) is 5.69 Å². The van der Waals surface area contributed by atoms with Crippen molar-refractivity contribution in [1.29, 1.82) is 0 Å². The fourth-order valence-electron chi connectivity index (χ4n) is 2.16. The molecule has 0 saturated heterocycles. The van der Waals surface area contributed by atoms with Crippen molar-refractivity contribution in [2.24, 2.45) is 0 Å². The van der Waals surface area contributed by atoms with Gasteiger partial charge >= 0.3 is 0 Å². The van der Waals surface area contributed by atoms with Crippen LogP contribution >= 0.6 is 15.9 Å². The molecule has 1 fully saturated rings. The van der Waals surface area contributed by atoms with Gasteiger partial charge < -0.3 is 0 Å². The molecule has 2 rings (SSSR count). The van der Waals surface area contributed by atoms with Crippen LogP contribution in [-0.2, 0) is 10.0 Å². The highest BCUT2D eigenvalue weighted by Gasteiger charge is 2.29. The van der Waals surface area contributed by atoms with Gasteiger partial charge in [-0.2, -0.15) is 0 Å². The minimum atomic E-state index is -3.23. The molecular weight excluding hydrogens is 302 g/mol. The summed E-state index contributed by atoms with van der Waals surface area (Å²) < 4.78 is 27.8. The molecule has 1 saturated carbocycles. The van der Waals surface area contributed by atoms with Crippen LogP contribution in [-0.4, -0.2) is 13.7 Å². The standard InChI is InChI=1S/C12H16BrNO2S/c1-9-5-4-8-11(12(9)13)14-17(15,16)10-6-2-3-7-10/h4-5,8,10,14H,2-3,6-7H2,1H3. The van der Waals surface area contributed by atoms with Gasteiger partial charge in [0.2, 0.25) is 10.0 Å². The minimum Gasteiger partial charge on any atom is -0.282 e. The molecule has 3 nitrogen and oxygen atoms in total. The maximum Gasteiger partial charge on any atom is 0.235 e. The lowest BCUT2D eigenvalue weighted by Crippen LogP contribution is -2.25. The van der Waals surface area contributed by atoms with E-state index >= 15 is 0 Å². The number of anilines is 1. The second kappa shape index (κ2) is 4.98. The minimum absolute atomic E-state index is 0.227. The van der Waals surface area contributed by atoms with E-state index in [9.17, 15) is 8.42 Å². The predicted octanol–water partition coefficient (Wildman–Crippen LogP) is 3.44. The molecule has 94 valence electrons. The first-order valence-corrected chi connectivity index (χ1v) is 8.11. The Morgan fingerprint density at radius 2 is 1.94 bits per heavy atom. The molecule has 1 aromatic rings. The summed E-state index contributed by atoms with van der Waals surface area (Å²) in [4.78, 5) is 0. The molecular formula is C12H16BrNO2S. The zero-order chi connectivity index (χ0) is 12.5. The lowest BCUT2D eigenvalue weighted by atomic mass is 10.2. The summed E-state index contributed by atoms with van der Waals surface area (Å²) in [5.41, 5.74) is 1.66. The Hall–Kier alpha value is -0.550. The van der Waals surface area contributed by atoms with Gasteiger partial charge in [0.25, 0.3) is 0 Å². The zero-order valence-electron chi connectivity index (χ0n) is 9.74. The van der Waals surface area contributed by atoms with Gasteiger partial charge in [0.1, 0.15) is 0 Å². The average Bonchev–Trinajstić information content (AvgIpc) is 2.78. The van der Waals surface area contributed by atoms with Crippen molar-refractivity contribution < 1.29 is 8.42 Å². The maximum absolute atomic E-state index is 12.1. The molecule has 1 aliphatic rings. The third-order valence-electron chi connectivity index (χ3n) is 3.19. The molecule has 1 aliphatic carbocycles. The van der Waals surface area contributed by atoms with E-state index in [4.69, 9.17) is 0 Å². The van der Waals surface area contributed by atoms with Crippen LogP contribution in [0.3, 0.4) is 0 Å². The molecule has 0 radical (unpaired) electrons. The summed E-state index contributed by atoms with van der Waals surface area (Å²) in [5.74, 6) is 0. The van der Waals surface area contributed by atoms with Crippen LogP contribution in [0.5, 0.6) is 0 Å². The van der Waals surface area contributed by atoms with Gasteiger partial charge in [-0.1, -0.05) is 25.0 Å². The summed E-state index contributed by atoms with van der Waals surface area (Å²) in [6.07, 6.45) is 3.58. The number of aryl methyl sites for hydroxylation is 1. The molecule has 1 N–H and O–H groups in total. The molecule has 0 bridgehead atoms. The summed E-state index contributed by atoms with van der Waals surface area (Å²) >= 11 is 3.41. The average molecular weight is 318 g/mol. The van der Waals surface area contributed by atoms with E-state index in [2.05, 4.69) is 20.7 Å². The third kappa shape index (κ3) is 2.83. The molecule has 17 heavy (non-hydrogen) atoms. The van der Waals surface area contributed by atoms with Gasteiger partial charge in [-0.05, 0) is 47.3 Å². The zero-order valence-corrected chi connectivity index (χ0v) is 12.1. The van der Waals surface area contributed by atoms with Crippen LogP contribution in [0.25, 0.3) is 0 Å². The van der Waals surface area contributed by atoms with Crippen molar-refractivity contribution in [3.63, 3.8) is 0 Å². The van der Waals surface area contributed by atoms with E-state index in [-0.39, 0.29) is 5.25 Å². The Balaban J connectivity index is 2.23. The van der Waals surface area contributed by atoms with Gasteiger partial charge in [0, 0.05) is 4.47 Å². The van der Waals surface area contributed by atoms with Crippen molar-refractivity contribution in [3.8, 4) is 0 Å². The first-order chi connectivity index (χ1) is 8.00. The SMILES string of the molecule is Cc1cccc(NS(=O)(=O)C2CCCC2)c1Br. The van der Waals surface area contributed by atoms with Crippen molar-refractivity contribution in [3.05, 3.63) is 28.2 Å². The van der Waals surface area contributed by atoms with E-state index in [1.165, 1.54) is 0 Å². The van der Waals surface area contributed by atoms with E-state index in [0.717, 1.165) is 35.7 Å². The molecule has 5 heteroatoms. The van der Waals surface area contributed by atoms with Gasteiger partial charge in [0.15, 0.2) is 0 Å². The molecule has 0 aromatic heterocycles. The van der Waals surface area contributed by atoms with E-state index < -0.39 is 10.0 Å². The maximum atomic E-state index is 12.1. The topological polar surface area (TPSA) is 46.2 Å². The van der Waals surface area contributed by atoms with Crippen molar-refractivity contribution in [1.82, 2.24) is 0 Å². The largest absolute Gasteiger partial charge is 0.282 e. The highest BCUT2D eigenvalue weighted by atomic mass is 79.9. The van der Waals surface area contributed by atoms with Crippen LogP contribution < -0.4 is 4.72 Å². The molecule has 1 aromatic carbocycles. The lowest BCUT2D eigenvalue weighted by molar-refractivity contribution is 0.585. The van der Waals surface area contributed by atoms with Gasteiger partial charge in [0.05, 0.1) is 10.9 Å². The Morgan fingerprint density at radius 1 is 1.29 bits per heavy atom. The monoisotopic (exact) mass is 317 g/mol. The predicted molar refractivity (Wildman–Crippen MR) is 73.7 cm³/mol. The third-order valence-corrected chi connectivity index (χ3v) is 6.09. The molecule has 0 heterocycles. The highest BCUT2D eigenvalue weighted by molar-refractivity contribution is 9.10. The van der Waals surface area contributed by atoms with Gasteiger partial charge in [-0.3, -0.25) is 4.72 Å². The number of hydrogen-bond acceptors (Lipinski definition) is 2. The Kier molecular flexibility index (Phi) is 3.78. The Labute approximate surface area is 111 Å². The van der Waals surface area contributed by atoms with Gasteiger partial charge in [-0.15, -0.1) is 0 Å². The van der Waals surface area contributed by atoms with Crippen molar-refractivity contribution >= 4 is 31.6 Å². The quantitative estimate of drug-likeness (QED) is 0.928. The lowest BCUT2D eigenvalue weighted by Gasteiger charge is -2.15. The number of hydrogen-bond donors (Lipinski definition) is 1. The normalized spacial score (nSPS) is 17.3. The highest BCUT2D eigenvalue weighted by Crippen LogP contribution is 2.30. The second-order valence-electron chi connectivity index (χ2n) is 4.49. The number of rotatable bonds is 3. The first kappa shape index (κ1) is 12.9. The first-order valence-electron chi connectivity index (χ1n) is 5.77. The number of benzene rings is 1. The van der Waals surface area contributed by atoms with Crippen LogP contribution in [0.2, 0.25) is 0 Å². The van der Waals surface area contributed by atoms with Gasteiger partial charge in [-0.25, -0.2) is 8.42 Å². The Morgan fingerprint density at radius 3 is 2.59 bits per heavy atom. The summed E-state index contributed by atoms with van der Waals surface area (Å²) in [7, 11) is -3.23. The van der Waals surface area contributed by atoms with Crippen LogP contribution in [0.15, 0.2) is 22.7 Å². The molecule has 0 atom stereocenters. The van der Waals surface area contributed by atoms with Crippen molar-refractivity contribution in [2.45, 2.75) is 37.9 Å². The number of sulfonamides is 1. The van der Waals surface area contributed by atoms with Crippen LogP contribution in [0.1, 0.15) is 31.2 Å². The second-order valence-corrected chi connectivity index (χ2v) is 7.24. The molecule has 0 aliphatic heterocycles. The summed E-state index contributed by atoms with van der Waals surface area (Å²) in [5, 5.41) is -0.227. The molecule has 0 unspecified atom stereocenters. The van der Waals surface area contributed by atoms with Crippen LogP contribution in [0.4, 0.5) is 5.69 Å². The van der Waals surface area contributed by atoms with E-state index in [1.807, 2.05) is 19.1 Å². The summed E-state index contributed by atoms with van der Waals surface area (Å²) in [6, 6.07) is 5.58. The summed E-state index contributed by atoms with van der Waals surface area (Å²) in [6.45, 7) is 1.94. The molecule has 0 amide bonds. The van der Waals surface area contributed by atoms with Crippen molar-refractivity contribution in [2.75, 3.05) is 4.72 Å². The fourth-order valence-corrected chi connectivity index (χ4v) is 4.25. The smallest absolute Gasteiger partial charge is 0.235 e. The number of nitrogens with one attached hydrogen (secondary N) is 1. The number of halogens is 1. The Bertz CT molecular complexity index is 507. The fraction of sp³-hybridized carbons (Fsp3) is 0.500. The van der Waals surface area contributed by atoms with Crippen LogP contribution in [0, 0.1) is 6.92 Å². The molecule has 0 spiro atoms. The van der Waals surface area contributed by atoms with E-state index in [1.54, 1.807) is 6.07 Å².